The molecule has 3 aromatic carbocycles. The Morgan fingerprint density at radius 1 is 0.917 bits per heavy atom. The first-order chi connectivity index (χ1) is 17.3. The van der Waals surface area contributed by atoms with E-state index in [2.05, 4.69) is 8.75 Å². The van der Waals surface area contributed by atoms with Crippen LogP contribution in [-0.2, 0) is 11.2 Å². The number of nitro benzene ring substituents is 1. The molecule has 36 heavy (non-hydrogen) atoms. The fourth-order valence-electron chi connectivity index (χ4n) is 3.74. The molecule has 10 nitrogen and oxygen atoms in total. The van der Waals surface area contributed by atoms with Crippen LogP contribution in [-0.4, -0.2) is 44.7 Å². The molecule has 1 N–H and O–H groups in total. The zero-order valence-corrected chi connectivity index (χ0v) is 19.9. The van der Waals surface area contributed by atoms with E-state index in [4.69, 9.17) is 9.47 Å². The normalized spacial score (nSPS) is 11.6. The number of nitrogens with zero attached hydrogens (tertiary/aromatic N) is 3. The molecule has 0 aliphatic heterocycles. The van der Waals surface area contributed by atoms with Gasteiger partial charge in [-0.05, 0) is 41.5 Å². The number of hydrogen-bond acceptors (Lipinski definition) is 9. The molecular weight excluding hydrogens is 486 g/mol. The lowest BCUT2D eigenvalue weighted by atomic mass is 9.89. The standard InChI is InChI=1S/C25H19N3O7S/c1-34-21-10-6-16(13-22(21)35-2)24(29)18(11-14-3-7-17(8-4-14)28(32)33)23(25(30)31)15-5-9-19-20(12-15)27-36-26-19/h3-10,12-13H,11H2,1-2H3,(H,30,31). The van der Waals surface area contributed by atoms with E-state index in [0.717, 1.165) is 11.7 Å². The van der Waals surface area contributed by atoms with E-state index in [9.17, 15) is 24.8 Å². The second-order valence-corrected chi connectivity index (χ2v) is 8.15. The molecule has 0 saturated heterocycles. The van der Waals surface area contributed by atoms with Crippen molar-refractivity contribution >= 4 is 45.8 Å². The third-order valence-corrected chi connectivity index (χ3v) is 6.06. The molecule has 4 rings (SSSR count). The summed E-state index contributed by atoms with van der Waals surface area (Å²) in [7, 11) is 2.89. The second kappa shape index (κ2) is 10.3. The molecule has 0 aliphatic carbocycles. The molecule has 0 unspecified atom stereocenters. The number of carboxylic acid groups (broad SMARTS) is 1. The third-order valence-electron chi connectivity index (χ3n) is 5.51. The monoisotopic (exact) mass is 505 g/mol. The van der Waals surface area contributed by atoms with E-state index >= 15 is 0 Å². The number of carboxylic acids is 1. The number of allylic oxidation sites excluding steroid dienone is 1. The summed E-state index contributed by atoms with van der Waals surface area (Å²) in [5, 5.41) is 21.3. The highest BCUT2D eigenvalue weighted by Crippen LogP contribution is 2.32. The van der Waals surface area contributed by atoms with Crippen molar-refractivity contribution in [2.24, 2.45) is 0 Å². The van der Waals surface area contributed by atoms with Crippen molar-refractivity contribution < 1.29 is 29.1 Å². The van der Waals surface area contributed by atoms with Crippen LogP contribution in [0.25, 0.3) is 16.6 Å². The summed E-state index contributed by atoms with van der Waals surface area (Å²) in [6, 6.07) is 14.9. The predicted molar refractivity (Wildman–Crippen MR) is 133 cm³/mol. The number of carbonyl (C=O) groups is 2. The van der Waals surface area contributed by atoms with E-state index in [-0.39, 0.29) is 34.4 Å². The van der Waals surface area contributed by atoms with Gasteiger partial charge < -0.3 is 14.6 Å². The van der Waals surface area contributed by atoms with Gasteiger partial charge in [-0.3, -0.25) is 14.9 Å². The average Bonchev–Trinajstić information content (AvgIpc) is 3.35. The molecule has 1 aromatic heterocycles. The molecule has 4 aromatic rings. The Labute approximate surface area is 208 Å². The van der Waals surface area contributed by atoms with Crippen molar-refractivity contribution in [1.82, 2.24) is 8.75 Å². The first-order valence-corrected chi connectivity index (χ1v) is 11.2. The Balaban J connectivity index is 1.89. The smallest absolute Gasteiger partial charge is 0.336 e. The molecule has 11 heteroatoms. The molecule has 0 atom stereocenters. The van der Waals surface area contributed by atoms with Crippen LogP contribution in [0.3, 0.4) is 0 Å². The fraction of sp³-hybridized carbons (Fsp3) is 0.120. The average molecular weight is 506 g/mol. The minimum Gasteiger partial charge on any atom is -0.493 e. The summed E-state index contributed by atoms with van der Waals surface area (Å²) in [4.78, 5) is 36.8. The highest BCUT2D eigenvalue weighted by Gasteiger charge is 2.25. The second-order valence-electron chi connectivity index (χ2n) is 7.63. The van der Waals surface area contributed by atoms with Crippen molar-refractivity contribution in [3.63, 3.8) is 0 Å². The minimum atomic E-state index is -1.30. The van der Waals surface area contributed by atoms with Crippen molar-refractivity contribution in [2.75, 3.05) is 14.2 Å². The number of rotatable bonds is 9. The number of carbonyl (C=O) groups excluding carboxylic acids is 1. The van der Waals surface area contributed by atoms with Gasteiger partial charge in [0.15, 0.2) is 17.3 Å². The van der Waals surface area contributed by atoms with Gasteiger partial charge in [-0.2, -0.15) is 8.75 Å². The number of fused-ring (bicyclic) bond motifs is 1. The predicted octanol–water partition coefficient (Wildman–Crippen LogP) is 4.58. The number of methoxy groups -OCH3 is 2. The van der Waals surface area contributed by atoms with Gasteiger partial charge >= 0.3 is 5.97 Å². The van der Waals surface area contributed by atoms with Crippen LogP contribution in [0, 0.1) is 10.1 Å². The highest BCUT2D eigenvalue weighted by atomic mass is 32.1. The molecule has 0 fully saturated rings. The lowest BCUT2D eigenvalue weighted by molar-refractivity contribution is -0.384. The van der Waals surface area contributed by atoms with Crippen LogP contribution in [0.4, 0.5) is 5.69 Å². The topological polar surface area (TPSA) is 142 Å². The Morgan fingerprint density at radius 3 is 2.22 bits per heavy atom. The van der Waals surface area contributed by atoms with Gasteiger partial charge in [0.2, 0.25) is 0 Å². The van der Waals surface area contributed by atoms with Gasteiger partial charge in [-0.1, -0.05) is 18.2 Å². The lowest BCUT2D eigenvalue weighted by Crippen LogP contribution is -2.14. The number of benzene rings is 3. The highest BCUT2D eigenvalue weighted by molar-refractivity contribution is 7.00. The zero-order valence-electron chi connectivity index (χ0n) is 19.1. The van der Waals surface area contributed by atoms with Gasteiger partial charge in [0.05, 0.1) is 36.4 Å². The summed E-state index contributed by atoms with van der Waals surface area (Å²) in [5.41, 5.74) is 1.79. The van der Waals surface area contributed by atoms with Crippen LogP contribution in [0.1, 0.15) is 21.5 Å². The molecule has 0 bridgehead atoms. The molecule has 0 spiro atoms. The van der Waals surface area contributed by atoms with Crippen LogP contribution < -0.4 is 9.47 Å². The number of aromatic nitrogens is 2. The first-order valence-electron chi connectivity index (χ1n) is 10.5. The maximum Gasteiger partial charge on any atom is 0.336 e. The van der Waals surface area contributed by atoms with Crippen molar-refractivity contribution in [1.29, 1.82) is 0 Å². The zero-order chi connectivity index (χ0) is 25.8. The third kappa shape index (κ3) is 4.91. The van der Waals surface area contributed by atoms with E-state index < -0.39 is 16.7 Å². The first kappa shape index (κ1) is 24.5. The molecule has 0 saturated carbocycles. The van der Waals surface area contributed by atoms with Crippen LogP contribution in [0.5, 0.6) is 11.5 Å². The number of ketones is 1. The van der Waals surface area contributed by atoms with Crippen LogP contribution in [0.15, 0.2) is 66.2 Å². The maximum absolute atomic E-state index is 13.8. The summed E-state index contributed by atoms with van der Waals surface area (Å²) < 4.78 is 18.8. The van der Waals surface area contributed by atoms with Gasteiger partial charge in [0.25, 0.3) is 5.69 Å². The number of ether oxygens (including phenoxy) is 2. The number of non-ortho nitro benzene ring substituents is 1. The number of nitro groups is 1. The minimum absolute atomic E-state index is 0.00823. The Hall–Kier alpha value is -4.64. The van der Waals surface area contributed by atoms with E-state index in [1.54, 1.807) is 24.3 Å². The van der Waals surface area contributed by atoms with Crippen LogP contribution >= 0.6 is 11.7 Å². The molecule has 0 radical (unpaired) electrons. The summed E-state index contributed by atoms with van der Waals surface area (Å²) >= 11 is 0.996. The quantitative estimate of drug-likeness (QED) is 0.150. The molecule has 0 aliphatic rings. The van der Waals surface area contributed by atoms with Gasteiger partial charge in [0, 0.05) is 29.7 Å². The largest absolute Gasteiger partial charge is 0.493 e. The summed E-state index contributed by atoms with van der Waals surface area (Å²) in [6.07, 6.45) is -0.0832. The van der Waals surface area contributed by atoms with Gasteiger partial charge in [-0.25, -0.2) is 4.79 Å². The fourth-order valence-corrected chi connectivity index (χ4v) is 4.26. The van der Waals surface area contributed by atoms with Crippen molar-refractivity contribution in [2.45, 2.75) is 6.42 Å². The number of aliphatic carboxylic acids is 1. The van der Waals surface area contributed by atoms with Crippen molar-refractivity contribution in [3.05, 3.63) is 93.0 Å². The van der Waals surface area contributed by atoms with E-state index in [1.807, 2.05) is 0 Å². The maximum atomic E-state index is 13.8. The number of Topliss-reactive ketones (excluding diaryl/α,β-unsaturated/α-hetero) is 1. The Morgan fingerprint density at radius 2 is 1.58 bits per heavy atom. The Bertz CT molecular complexity index is 1510. The van der Waals surface area contributed by atoms with Gasteiger partial charge in [-0.15, -0.1) is 0 Å². The van der Waals surface area contributed by atoms with Gasteiger partial charge in [0.1, 0.15) is 11.0 Å². The SMILES string of the molecule is COc1ccc(C(=O)C(Cc2ccc([N+](=O)[O-])cc2)=C(C(=O)O)c2ccc3nsnc3c2)cc1OC. The van der Waals surface area contributed by atoms with E-state index in [1.165, 1.54) is 50.6 Å². The molecule has 1 heterocycles. The van der Waals surface area contributed by atoms with Crippen molar-refractivity contribution in [3.8, 4) is 11.5 Å². The molecule has 182 valence electrons. The summed E-state index contributed by atoms with van der Waals surface area (Å²) in [6.45, 7) is 0. The molecular formula is C25H19N3O7S. The Kier molecular flexibility index (Phi) is 7.02. The molecule has 0 amide bonds. The van der Waals surface area contributed by atoms with E-state index in [0.29, 0.717) is 28.1 Å². The summed E-state index contributed by atoms with van der Waals surface area (Å²) in [5.74, 6) is -1.12. The lowest BCUT2D eigenvalue weighted by Gasteiger charge is -2.14. The number of hydrogen-bond donors (Lipinski definition) is 1. The van der Waals surface area contributed by atoms with Crippen LogP contribution in [0.2, 0.25) is 0 Å².